The minimum atomic E-state index is 1.07. The normalized spacial score (nSPS) is 10.8. The molecule has 23 heavy (non-hydrogen) atoms. The van der Waals surface area contributed by atoms with E-state index in [9.17, 15) is 0 Å². The van der Waals surface area contributed by atoms with Crippen molar-refractivity contribution in [3.8, 4) is 0 Å². The molecule has 0 amide bonds. The van der Waals surface area contributed by atoms with Crippen molar-refractivity contribution < 1.29 is 0 Å². The average Bonchev–Trinajstić information content (AvgIpc) is 2.62. The number of nitrogens with zero attached hydrogens (tertiary/aromatic N) is 1. The summed E-state index contributed by atoms with van der Waals surface area (Å²) in [6, 6.07) is 26.1. The molecule has 0 atom stereocenters. The van der Waals surface area contributed by atoms with Gasteiger partial charge in [-0.3, -0.25) is 0 Å². The number of anilines is 2. The third-order valence-corrected chi connectivity index (χ3v) is 4.35. The molecule has 0 aliphatic heterocycles. The Morgan fingerprint density at radius 2 is 1.39 bits per heavy atom. The quantitative estimate of drug-likeness (QED) is 0.447. The van der Waals surface area contributed by atoms with Gasteiger partial charge < -0.3 is 4.90 Å². The average molecular weight is 303 g/mol. The Morgan fingerprint density at radius 3 is 2.17 bits per heavy atom. The Morgan fingerprint density at radius 1 is 0.652 bits per heavy atom. The van der Waals surface area contributed by atoms with Gasteiger partial charge in [0, 0.05) is 17.9 Å². The number of para-hydroxylation sites is 1. The van der Waals surface area contributed by atoms with Crippen LogP contribution in [0.25, 0.3) is 10.8 Å². The van der Waals surface area contributed by atoms with Crippen LogP contribution >= 0.6 is 0 Å². The predicted molar refractivity (Wildman–Crippen MR) is 102 cm³/mol. The number of benzene rings is 3. The maximum atomic E-state index is 2.45. The SMILES string of the molecule is CCCCCCN(c1ccccc1)c1ccc2ccccc2c1. The van der Waals surface area contributed by atoms with E-state index in [0.717, 1.165) is 6.54 Å². The van der Waals surface area contributed by atoms with Crippen LogP contribution in [0.5, 0.6) is 0 Å². The van der Waals surface area contributed by atoms with Gasteiger partial charge in [-0.2, -0.15) is 0 Å². The third kappa shape index (κ3) is 3.92. The van der Waals surface area contributed by atoms with Crippen LogP contribution in [-0.4, -0.2) is 6.54 Å². The van der Waals surface area contributed by atoms with E-state index in [2.05, 4.69) is 84.6 Å². The summed E-state index contributed by atoms with van der Waals surface area (Å²) in [7, 11) is 0. The summed E-state index contributed by atoms with van der Waals surface area (Å²) in [5.41, 5.74) is 2.56. The lowest BCUT2D eigenvalue weighted by Gasteiger charge is -2.25. The standard InChI is InChI=1S/C22H25N/c1-2-3-4-10-17-23(21-13-6-5-7-14-21)22-16-15-19-11-8-9-12-20(19)18-22/h5-9,11-16,18H,2-4,10,17H2,1H3. The highest BCUT2D eigenvalue weighted by Crippen LogP contribution is 2.29. The molecule has 3 aromatic carbocycles. The second-order valence-corrected chi connectivity index (χ2v) is 6.08. The van der Waals surface area contributed by atoms with Gasteiger partial charge >= 0.3 is 0 Å². The van der Waals surface area contributed by atoms with Gasteiger partial charge in [-0.05, 0) is 41.5 Å². The molecule has 0 aromatic heterocycles. The summed E-state index contributed by atoms with van der Waals surface area (Å²) >= 11 is 0. The molecule has 0 saturated heterocycles. The summed E-state index contributed by atoms with van der Waals surface area (Å²) in [5.74, 6) is 0. The lowest BCUT2D eigenvalue weighted by molar-refractivity contribution is 0.668. The van der Waals surface area contributed by atoms with E-state index in [1.54, 1.807) is 0 Å². The Kier molecular flexibility index (Phi) is 5.31. The van der Waals surface area contributed by atoms with Crippen LogP contribution in [0.2, 0.25) is 0 Å². The zero-order chi connectivity index (χ0) is 15.9. The molecular weight excluding hydrogens is 278 g/mol. The molecule has 1 heteroatoms. The molecule has 0 saturated carbocycles. The summed E-state index contributed by atoms with van der Waals surface area (Å²) in [5, 5.41) is 2.61. The second-order valence-electron chi connectivity index (χ2n) is 6.08. The monoisotopic (exact) mass is 303 g/mol. The molecule has 0 heterocycles. The molecule has 0 fully saturated rings. The van der Waals surface area contributed by atoms with E-state index in [-0.39, 0.29) is 0 Å². The Labute approximate surface area is 139 Å². The Balaban J connectivity index is 1.89. The van der Waals surface area contributed by atoms with Gasteiger partial charge in [0.1, 0.15) is 0 Å². The van der Waals surface area contributed by atoms with Gasteiger partial charge in [0.05, 0.1) is 0 Å². The molecule has 118 valence electrons. The van der Waals surface area contributed by atoms with E-state index in [0.29, 0.717) is 0 Å². The van der Waals surface area contributed by atoms with Crippen LogP contribution in [0.3, 0.4) is 0 Å². The smallest absolute Gasteiger partial charge is 0.0417 e. The number of hydrogen-bond acceptors (Lipinski definition) is 1. The Bertz CT molecular complexity index is 733. The molecule has 0 bridgehead atoms. The van der Waals surface area contributed by atoms with Crippen molar-refractivity contribution in [2.75, 3.05) is 11.4 Å². The maximum Gasteiger partial charge on any atom is 0.0417 e. The fraction of sp³-hybridized carbons (Fsp3) is 0.273. The summed E-state index contributed by atoms with van der Waals surface area (Å²) < 4.78 is 0. The van der Waals surface area contributed by atoms with E-state index >= 15 is 0 Å². The molecule has 1 nitrogen and oxygen atoms in total. The zero-order valence-electron chi connectivity index (χ0n) is 13.9. The van der Waals surface area contributed by atoms with Crippen LogP contribution < -0.4 is 4.90 Å². The molecule has 3 aromatic rings. The van der Waals surface area contributed by atoms with Crippen molar-refractivity contribution in [3.05, 3.63) is 72.8 Å². The zero-order valence-corrected chi connectivity index (χ0v) is 13.9. The molecule has 0 radical (unpaired) electrons. The lowest BCUT2D eigenvalue weighted by atomic mass is 10.1. The van der Waals surface area contributed by atoms with Gasteiger partial charge in [0.25, 0.3) is 0 Å². The largest absolute Gasteiger partial charge is 0.341 e. The minimum absolute atomic E-state index is 1.07. The van der Waals surface area contributed by atoms with Crippen LogP contribution in [0, 0.1) is 0 Å². The highest BCUT2D eigenvalue weighted by molar-refractivity contribution is 5.86. The fourth-order valence-electron chi connectivity index (χ4n) is 3.06. The molecule has 0 aliphatic rings. The highest BCUT2D eigenvalue weighted by atomic mass is 15.1. The van der Waals surface area contributed by atoms with Crippen molar-refractivity contribution in [1.29, 1.82) is 0 Å². The predicted octanol–water partition coefficient (Wildman–Crippen LogP) is 6.56. The van der Waals surface area contributed by atoms with Gasteiger partial charge in [-0.25, -0.2) is 0 Å². The van der Waals surface area contributed by atoms with Gasteiger partial charge in [0.15, 0.2) is 0 Å². The first kappa shape index (κ1) is 15.6. The fourth-order valence-corrected chi connectivity index (χ4v) is 3.06. The van der Waals surface area contributed by atoms with Crippen molar-refractivity contribution in [2.45, 2.75) is 32.6 Å². The summed E-state index contributed by atoms with van der Waals surface area (Å²) in [6.45, 7) is 3.33. The van der Waals surface area contributed by atoms with Gasteiger partial charge in [-0.15, -0.1) is 0 Å². The number of unbranched alkanes of at least 4 members (excludes halogenated alkanes) is 3. The van der Waals surface area contributed by atoms with E-state index in [1.165, 1.54) is 47.8 Å². The van der Waals surface area contributed by atoms with E-state index < -0.39 is 0 Å². The van der Waals surface area contributed by atoms with Crippen LogP contribution in [0.1, 0.15) is 32.6 Å². The highest BCUT2D eigenvalue weighted by Gasteiger charge is 2.09. The topological polar surface area (TPSA) is 3.24 Å². The van der Waals surface area contributed by atoms with Crippen molar-refractivity contribution in [1.82, 2.24) is 0 Å². The van der Waals surface area contributed by atoms with E-state index in [1.807, 2.05) is 0 Å². The Hall–Kier alpha value is -2.28. The van der Waals surface area contributed by atoms with E-state index in [4.69, 9.17) is 0 Å². The minimum Gasteiger partial charge on any atom is -0.341 e. The first-order valence-corrected chi connectivity index (χ1v) is 8.70. The second kappa shape index (κ2) is 7.82. The van der Waals surface area contributed by atoms with Crippen molar-refractivity contribution >= 4 is 22.1 Å². The first-order chi connectivity index (χ1) is 11.4. The molecular formula is C22H25N. The third-order valence-electron chi connectivity index (χ3n) is 4.35. The number of rotatable bonds is 7. The van der Waals surface area contributed by atoms with Crippen molar-refractivity contribution in [2.24, 2.45) is 0 Å². The number of hydrogen-bond donors (Lipinski definition) is 0. The summed E-state index contributed by atoms with van der Waals surface area (Å²) in [4.78, 5) is 2.45. The molecule has 0 unspecified atom stereocenters. The van der Waals surface area contributed by atoms with Crippen LogP contribution in [-0.2, 0) is 0 Å². The maximum absolute atomic E-state index is 2.45. The molecule has 0 aliphatic carbocycles. The molecule has 0 N–H and O–H groups in total. The lowest BCUT2D eigenvalue weighted by Crippen LogP contribution is -2.18. The molecule has 0 spiro atoms. The number of fused-ring (bicyclic) bond motifs is 1. The first-order valence-electron chi connectivity index (χ1n) is 8.70. The van der Waals surface area contributed by atoms with Gasteiger partial charge in [-0.1, -0.05) is 74.7 Å². The van der Waals surface area contributed by atoms with Crippen LogP contribution in [0.15, 0.2) is 72.8 Å². The van der Waals surface area contributed by atoms with Crippen molar-refractivity contribution in [3.63, 3.8) is 0 Å². The molecule has 3 rings (SSSR count). The van der Waals surface area contributed by atoms with Gasteiger partial charge in [0.2, 0.25) is 0 Å². The van der Waals surface area contributed by atoms with Crippen LogP contribution in [0.4, 0.5) is 11.4 Å². The summed E-state index contributed by atoms with van der Waals surface area (Å²) in [6.07, 6.45) is 5.13.